The third-order valence-electron chi connectivity index (χ3n) is 3.92. The van der Waals surface area contributed by atoms with E-state index in [4.69, 9.17) is 5.73 Å². The molecule has 4 heteroatoms. The second-order valence-electron chi connectivity index (χ2n) is 5.70. The van der Waals surface area contributed by atoms with Crippen molar-refractivity contribution in [3.05, 3.63) is 45.9 Å². The Morgan fingerprint density at radius 2 is 2.35 bits per heavy atom. The predicted octanol–water partition coefficient (Wildman–Crippen LogP) is 1.66. The van der Waals surface area contributed by atoms with Gasteiger partial charge in [0.05, 0.1) is 0 Å². The first kappa shape index (κ1) is 15.0. The highest BCUT2D eigenvalue weighted by Crippen LogP contribution is 2.18. The fourth-order valence-electron chi connectivity index (χ4n) is 2.89. The summed E-state index contributed by atoms with van der Waals surface area (Å²) in [5, 5.41) is 0. The van der Waals surface area contributed by atoms with Crippen molar-refractivity contribution in [3.8, 4) is 0 Å². The molecule has 110 valence electrons. The summed E-state index contributed by atoms with van der Waals surface area (Å²) >= 11 is 0. The number of hydrogen-bond acceptors (Lipinski definition) is 3. The minimum absolute atomic E-state index is 0.0224. The third-order valence-corrected chi connectivity index (χ3v) is 3.92. The third kappa shape index (κ3) is 4.05. The Kier molecular flexibility index (Phi) is 5.56. The second-order valence-corrected chi connectivity index (χ2v) is 5.70. The molecule has 0 spiro atoms. The van der Waals surface area contributed by atoms with Gasteiger partial charge in [0.1, 0.15) is 0 Å². The summed E-state index contributed by atoms with van der Waals surface area (Å²) < 4.78 is 0. The Morgan fingerprint density at radius 3 is 3.10 bits per heavy atom. The minimum atomic E-state index is 0.0224. The molecule has 20 heavy (non-hydrogen) atoms. The van der Waals surface area contributed by atoms with Gasteiger partial charge in [0.2, 0.25) is 0 Å². The summed E-state index contributed by atoms with van der Waals surface area (Å²) in [6.07, 6.45) is 8.87. The van der Waals surface area contributed by atoms with E-state index < -0.39 is 0 Å². The number of nitrogens with two attached hydrogens (primary N) is 1. The van der Waals surface area contributed by atoms with Crippen LogP contribution >= 0.6 is 0 Å². The number of hydrogen-bond donors (Lipinski definition) is 2. The van der Waals surface area contributed by atoms with Crippen LogP contribution in [0.4, 0.5) is 0 Å². The zero-order valence-electron chi connectivity index (χ0n) is 12.3. The van der Waals surface area contributed by atoms with Crippen LogP contribution in [0.1, 0.15) is 30.9 Å². The van der Waals surface area contributed by atoms with E-state index >= 15 is 0 Å². The number of nitrogens with zero attached hydrogens (tertiary/aromatic N) is 1. The number of rotatable bonds is 5. The molecule has 1 aromatic rings. The number of piperidine rings is 1. The molecule has 0 radical (unpaired) electrons. The Hall–Kier alpha value is -1.39. The Morgan fingerprint density at radius 1 is 1.50 bits per heavy atom. The number of H-pyrrole nitrogens is 1. The van der Waals surface area contributed by atoms with Gasteiger partial charge >= 0.3 is 0 Å². The molecule has 1 aliphatic heterocycles. The number of allylic oxidation sites excluding steroid dienone is 1. The van der Waals surface area contributed by atoms with Crippen LogP contribution < -0.4 is 11.3 Å². The Bertz CT molecular complexity index is 507. The molecule has 0 amide bonds. The van der Waals surface area contributed by atoms with Crippen LogP contribution in [0.5, 0.6) is 0 Å². The van der Waals surface area contributed by atoms with Gasteiger partial charge in [-0.1, -0.05) is 19.1 Å². The van der Waals surface area contributed by atoms with Gasteiger partial charge in [-0.15, -0.1) is 0 Å². The van der Waals surface area contributed by atoms with Gasteiger partial charge in [-0.05, 0) is 43.4 Å². The van der Waals surface area contributed by atoms with Crippen molar-refractivity contribution in [1.29, 1.82) is 0 Å². The van der Waals surface area contributed by atoms with Crippen molar-refractivity contribution in [3.63, 3.8) is 0 Å². The lowest BCUT2D eigenvalue weighted by Gasteiger charge is -2.31. The fraction of sp³-hybridized carbons (Fsp3) is 0.562. The van der Waals surface area contributed by atoms with E-state index in [1.54, 1.807) is 6.20 Å². The van der Waals surface area contributed by atoms with Crippen LogP contribution in [0.25, 0.3) is 0 Å². The van der Waals surface area contributed by atoms with Crippen molar-refractivity contribution in [2.75, 3.05) is 19.6 Å². The molecule has 0 aromatic carbocycles. The van der Waals surface area contributed by atoms with Crippen LogP contribution in [-0.4, -0.2) is 29.5 Å². The van der Waals surface area contributed by atoms with Crippen molar-refractivity contribution in [1.82, 2.24) is 9.88 Å². The van der Waals surface area contributed by atoms with Crippen molar-refractivity contribution in [2.45, 2.75) is 32.7 Å². The molecule has 1 atom stereocenters. The summed E-state index contributed by atoms with van der Waals surface area (Å²) in [7, 11) is 0. The molecule has 0 aliphatic carbocycles. The number of likely N-dealkylation sites (tertiary alicyclic amines) is 1. The lowest BCUT2D eigenvalue weighted by molar-refractivity contribution is 0.176. The summed E-state index contributed by atoms with van der Waals surface area (Å²) in [6, 6.07) is 2.03. The topological polar surface area (TPSA) is 62.1 Å². The highest BCUT2D eigenvalue weighted by molar-refractivity contribution is 5.25. The first-order chi connectivity index (χ1) is 9.70. The SMILES string of the molecule is CC1CCCN(Cc2cc[nH]c(=O)c2CC=CCN)C1. The average molecular weight is 275 g/mol. The van der Waals surface area contributed by atoms with Crippen molar-refractivity contribution in [2.24, 2.45) is 11.7 Å². The van der Waals surface area contributed by atoms with Crippen LogP contribution in [0.2, 0.25) is 0 Å². The maximum atomic E-state index is 12.0. The minimum Gasteiger partial charge on any atom is -0.329 e. The smallest absolute Gasteiger partial charge is 0.251 e. The lowest BCUT2D eigenvalue weighted by atomic mass is 9.99. The first-order valence-electron chi connectivity index (χ1n) is 7.47. The summed E-state index contributed by atoms with van der Waals surface area (Å²) in [5.41, 5.74) is 7.49. The first-order valence-corrected chi connectivity index (χ1v) is 7.47. The van der Waals surface area contributed by atoms with E-state index in [0.29, 0.717) is 13.0 Å². The molecule has 2 rings (SSSR count). The summed E-state index contributed by atoms with van der Waals surface area (Å²) in [4.78, 5) is 17.2. The lowest BCUT2D eigenvalue weighted by Crippen LogP contribution is -2.34. The highest BCUT2D eigenvalue weighted by atomic mass is 16.1. The van der Waals surface area contributed by atoms with Gasteiger partial charge in [-0.3, -0.25) is 9.69 Å². The largest absolute Gasteiger partial charge is 0.329 e. The van der Waals surface area contributed by atoms with Gasteiger partial charge in [-0.25, -0.2) is 0 Å². The molecule has 0 saturated carbocycles. The average Bonchev–Trinajstić information content (AvgIpc) is 2.42. The summed E-state index contributed by atoms with van der Waals surface area (Å²) in [6.45, 7) is 5.96. The normalized spacial score (nSPS) is 20.6. The van der Waals surface area contributed by atoms with E-state index in [1.165, 1.54) is 12.8 Å². The highest BCUT2D eigenvalue weighted by Gasteiger charge is 2.17. The number of aromatic amines is 1. The molecule has 3 N–H and O–H groups in total. The molecular formula is C16H25N3O. The molecular weight excluding hydrogens is 250 g/mol. The zero-order chi connectivity index (χ0) is 14.4. The molecule has 0 bridgehead atoms. The van der Waals surface area contributed by atoms with E-state index in [9.17, 15) is 4.79 Å². The summed E-state index contributed by atoms with van der Waals surface area (Å²) in [5.74, 6) is 0.756. The predicted molar refractivity (Wildman–Crippen MR) is 82.6 cm³/mol. The maximum Gasteiger partial charge on any atom is 0.251 e. The van der Waals surface area contributed by atoms with E-state index in [2.05, 4.69) is 16.8 Å². The van der Waals surface area contributed by atoms with E-state index in [0.717, 1.165) is 36.7 Å². The van der Waals surface area contributed by atoms with Crippen molar-refractivity contribution < 1.29 is 0 Å². The monoisotopic (exact) mass is 275 g/mol. The number of nitrogens with one attached hydrogen (secondary N) is 1. The fourth-order valence-corrected chi connectivity index (χ4v) is 2.89. The molecule has 1 fully saturated rings. The van der Waals surface area contributed by atoms with Gasteiger partial charge in [0.15, 0.2) is 0 Å². The van der Waals surface area contributed by atoms with Gasteiger partial charge < -0.3 is 10.7 Å². The zero-order valence-corrected chi connectivity index (χ0v) is 12.3. The molecule has 1 aromatic heterocycles. The number of pyridine rings is 1. The van der Waals surface area contributed by atoms with Crippen LogP contribution in [-0.2, 0) is 13.0 Å². The standard InChI is InChI=1S/C16H25N3O/c1-13-5-4-10-19(11-13)12-14-7-9-18-16(20)15(14)6-2-3-8-17/h2-3,7,9,13H,4-6,8,10-12,17H2,1H3,(H,18,20). The van der Waals surface area contributed by atoms with Crippen LogP contribution in [0.3, 0.4) is 0 Å². The molecule has 4 nitrogen and oxygen atoms in total. The molecule has 1 aliphatic rings. The van der Waals surface area contributed by atoms with Gasteiger partial charge in [0, 0.05) is 31.4 Å². The van der Waals surface area contributed by atoms with Gasteiger partial charge in [0.25, 0.3) is 5.56 Å². The van der Waals surface area contributed by atoms with Crippen molar-refractivity contribution >= 4 is 0 Å². The Labute approximate surface area is 120 Å². The van der Waals surface area contributed by atoms with E-state index in [-0.39, 0.29) is 5.56 Å². The molecule has 1 saturated heterocycles. The van der Waals surface area contributed by atoms with Crippen LogP contribution in [0.15, 0.2) is 29.2 Å². The molecule has 1 unspecified atom stereocenters. The maximum absolute atomic E-state index is 12.0. The number of aromatic nitrogens is 1. The van der Waals surface area contributed by atoms with Crippen LogP contribution in [0, 0.1) is 5.92 Å². The quantitative estimate of drug-likeness (QED) is 0.803. The second kappa shape index (κ2) is 7.41. The molecule has 2 heterocycles. The Balaban J connectivity index is 2.12. The van der Waals surface area contributed by atoms with Gasteiger partial charge in [-0.2, -0.15) is 0 Å². The van der Waals surface area contributed by atoms with E-state index in [1.807, 2.05) is 18.2 Å².